The van der Waals surface area contributed by atoms with Crippen molar-refractivity contribution in [1.29, 1.82) is 5.26 Å². The zero-order valence-electron chi connectivity index (χ0n) is 22.4. The second kappa shape index (κ2) is 10.8. The zero-order chi connectivity index (χ0) is 27.8. The van der Waals surface area contributed by atoms with Crippen LogP contribution in [0.5, 0.6) is 5.75 Å². The Labute approximate surface area is 230 Å². The first-order chi connectivity index (χ1) is 18.5. The monoisotopic (exact) mass is 552 g/mol. The number of nitriles is 1. The van der Waals surface area contributed by atoms with E-state index in [4.69, 9.17) is 4.74 Å². The number of ether oxygens (including phenoxy) is 1. The summed E-state index contributed by atoms with van der Waals surface area (Å²) in [7, 11) is -3.46. The van der Waals surface area contributed by atoms with Crippen LogP contribution in [0.2, 0.25) is 0 Å². The molecule has 2 heterocycles. The minimum Gasteiger partial charge on any atom is -0.487 e. The number of amides is 1. The van der Waals surface area contributed by atoms with Gasteiger partial charge in [-0.2, -0.15) is 5.26 Å². The molecular formula is C29H36N4O5S. The Hall–Kier alpha value is -3.13. The van der Waals surface area contributed by atoms with Gasteiger partial charge >= 0.3 is 0 Å². The van der Waals surface area contributed by atoms with E-state index in [2.05, 4.69) is 27.1 Å². The largest absolute Gasteiger partial charge is 0.487 e. The number of aryl methyl sites for hydroxylation is 1. The summed E-state index contributed by atoms with van der Waals surface area (Å²) in [6.45, 7) is 3.34. The van der Waals surface area contributed by atoms with Crippen LogP contribution >= 0.6 is 0 Å². The fourth-order valence-corrected chi connectivity index (χ4v) is 6.87. The molecule has 1 saturated heterocycles. The Morgan fingerprint density at radius 2 is 2.00 bits per heavy atom. The van der Waals surface area contributed by atoms with Gasteiger partial charge in [0.1, 0.15) is 11.4 Å². The maximum Gasteiger partial charge on any atom is 0.229 e. The number of aliphatic hydroxyl groups excluding tert-OH is 1. The van der Waals surface area contributed by atoms with Crippen LogP contribution in [-0.2, 0) is 27.7 Å². The lowest BCUT2D eigenvalue weighted by Gasteiger charge is -2.49. The van der Waals surface area contributed by atoms with Crippen LogP contribution in [-0.4, -0.2) is 61.4 Å². The molecule has 3 N–H and O–H groups in total. The lowest BCUT2D eigenvalue weighted by molar-refractivity contribution is -0.124. The lowest BCUT2D eigenvalue weighted by atomic mass is 9.79. The van der Waals surface area contributed by atoms with E-state index in [9.17, 15) is 23.6 Å². The molecule has 2 aromatic carbocycles. The van der Waals surface area contributed by atoms with Gasteiger partial charge in [0.25, 0.3) is 0 Å². The summed E-state index contributed by atoms with van der Waals surface area (Å²) in [5, 5.41) is 22.0. The fraction of sp³-hybridized carbons (Fsp3) is 0.517. The molecule has 1 aliphatic carbocycles. The highest BCUT2D eigenvalue weighted by atomic mass is 32.2. The third-order valence-corrected chi connectivity index (χ3v) is 8.78. The van der Waals surface area contributed by atoms with Gasteiger partial charge in [-0.15, -0.1) is 0 Å². The van der Waals surface area contributed by atoms with Crippen molar-refractivity contribution >= 4 is 21.6 Å². The molecule has 9 nitrogen and oxygen atoms in total. The van der Waals surface area contributed by atoms with Gasteiger partial charge in [-0.1, -0.05) is 6.07 Å². The topological polar surface area (TPSA) is 132 Å². The molecule has 2 unspecified atom stereocenters. The van der Waals surface area contributed by atoms with E-state index >= 15 is 0 Å². The maximum absolute atomic E-state index is 12.7. The number of likely N-dealkylation sites (tertiary alicyclic amines) is 1. The number of carbonyl (C=O) groups excluding carboxylic acids is 1. The number of hydrogen-bond donors (Lipinski definition) is 3. The third-order valence-electron chi connectivity index (χ3n) is 8.17. The van der Waals surface area contributed by atoms with E-state index < -0.39 is 21.7 Å². The predicted molar refractivity (Wildman–Crippen MR) is 148 cm³/mol. The van der Waals surface area contributed by atoms with Crippen molar-refractivity contribution in [2.45, 2.75) is 75.7 Å². The molecule has 1 amide bonds. The van der Waals surface area contributed by atoms with Crippen molar-refractivity contribution in [3.8, 4) is 11.8 Å². The Balaban J connectivity index is 1.31. The number of piperidine rings is 1. The molecule has 5 rings (SSSR count). The number of sulfonamides is 1. The average molecular weight is 553 g/mol. The van der Waals surface area contributed by atoms with Gasteiger partial charge in [0.05, 0.1) is 36.5 Å². The minimum absolute atomic E-state index is 0.00619. The number of nitrogens with zero attached hydrogens (tertiary/aromatic N) is 2. The molecule has 0 bridgehead atoms. The van der Waals surface area contributed by atoms with Crippen molar-refractivity contribution < 1.29 is 23.1 Å². The van der Waals surface area contributed by atoms with Crippen LogP contribution in [0.1, 0.15) is 67.3 Å². The highest BCUT2D eigenvalue weighted by molar-refractivity contribution is 7.92. The van der Waals surface area contributed by atoms with Gasteiger partial charge in [0.2, 0.25) is 15.9 Å². The molecule has 2 aliphatic heterocycles. The molecule has 39 heavy (non-hydrogen) atoms. The quantitative estimate of drug-likeness (QED) is 0.502. The van der Waals surface area contributed by atoms with Crippen molar-refractivity contribution in [2.75, 3.05) is 24.1 Å². The number of carbonyl (C=O) groups is 1. The number of benzene rings is 2. The van der Waals surface area contributed by atoms with Crippen molar-refractivity contribution in [3.63, 3.8) is 0 Å². The van der Waals surface area contributed by atoms with Crippen LogP contribution in [0.25, 0.3) is 0 Å². The molecule has 0 aromatic heterocycles. The van der Waals surface area contributed by atoms with Crippen LogP contribution in [0.3, 0.4) is 0 Å². The van der Waals surface area contributed by atoms with Crippen LogP contribution in [0.4, 0.5) is 5.69 Å². The van der Waals surface area contributed by atoms with Gasteiger partial charge in [-0.25, -0.2) is 8.42 Å². The highest BCUT2D eigenvalue weighted by Crippen LogP contribution is 2.46. The second-order valence-corrected chi connectivity index (χ2v) is 13.1. The second-order valence-electron chi connectivity index (χ2n) is 11.3. The van der Waals surface area contributed by atoms with Gasteiger partial charge in [-0.3, -0.25) is 14.4 Å². The van der Waals surface area contributed by atoms with Crippen molar-refractivity contribution in [3.05, 3.63) is 58.7 Å². The molecule has 208 valence electrons. The molecule has 1 spiro atoms. The van der Waals surface area contributed by atoms with E-state index in [1.54, 1.807) is 25.1 Å². The van der Waals surface area contributed by atoms with E-state index in [1.165, 1.54) is 11.1 Å². The fourth-order valence-electron chi connectivity index (χ4n) is 6.32. The number of aliphatic hydroxyl groups is 1. The standard InChI is InChI=1S/C29H36N4O5S/c1-19(34)13-28(35)31-26-17-29(38-27-8-6-23(16-25(26)27)32-39(2,36)37)9-11-33(12-10-29)24-7-5-21-14-20(18-30)3-4-22(21)15-24/h3-4,6,8,14,16,19,24,26,32,34H,5,7,9-13,15,17H2,1-2H3,(H,31,35)/t19?,24?,26-/m0/s1. The molecule has 3 atom stereocenters. The van der Waals surface area contributed by atoms with Crippen molar-refractivity contribution in [1.82, 2.24) is 10.2 Å². The lowest BCUT2D eigenvalue weighted by Crippen LogP contribution is -2.54. The van der Waals surface area contributed by atoms with Crippen LogP contribution < -0.4 is 14.8 Å². The molecule has 2 aromatic rings. The summed E-state index contributed by atoms with van der Waals surface area (Å²) in [6.07, 6.45) is 5.56. The smallest absolute Gasteiger partial charge is 0.229 e. The summed E-state index contributed by atoms with van der Waals surface area (Å²) >= 11 is 0. The van der Waals surface area contributed by atoms with Crippen molar-refractivity contribution in [2.24, 2.45) is 0 Å². The molecular weight excluding hydrogens is 516 g/mol. The number of hydrogen-bond acceptors (Lipinski definition) is 7. The Morgan fingerprint density at radius 3 is 2.69 bits per heavy atom. The Kier molecular flexibility index (Phi) is 7.60. The van der Waals surface area contributed by atoms with Crippen LogP contribution in [0.15, 0.2) is 36.4 Å². The number of nitrogens with one attached hydrogen (secondary N) is 2. The summed E-state index contributed by atoms with van der Waals surface area (Å²) in [4.78, 5) is 15.2. The molecule has 0 radical (unpaired) electrons. The average Bonchev–Trinajstić information content (AvgIpc) is 2.87. The summed E-state index contributed by atoms with van der Waals surface area (Å²) < 4.78 is 32.7. The third kappa shape index (κ3) is 6.38. The number of anilines is 1. The predicted octanol–water partition coefficient (Wildman–Crippen LogP) is 3.03. The van der Waals surface area contributed by atoms with E-state index in [0.29, 0.717) is 23.9 Å². The van der Waals surface area contributed by atoms with Crippen LogP contribution in [0, 0.1) is 11.3 Å². The number of rotatable bonds is 6. The molecule has 0 saturated carbocycles. The highest BCUT2D eigenvalue weighted by Gasteiger charge is 2.45. The van der Waals surface area contributed by atoms with E-state index in [1.807, 2.05) is 12.1 Å². The molecule has 10 heteroatoms. The van der Waals surface area contributed by atoms with Gasteiger partial charge < -0.3 is 15.2 Å². The van der Waals surface area contributed by atoms with Gasteiger partial charge in [0.15, 0.2) is 0 Å². The zero-order valence-corrected chi connectivity index (χ0v) is 23.3. The van der Waals surface area contributed by atoms with E-state index in [-0.39, 0.29) is 18.4 Å². The maximum atomic E-state index is 12.7. The van der Waals surface area contributed by atoms with Gasteiger partial charge in [0, 0.05) is 36.8 Å². The summed E-state index contributed by atoms with van der Waals surface area (Å²) in [5.74, 6) is 0.397. The summed E-state index contributed by atoms with van der Waals surface area (Å²) in [6, 6.07) is 13.5. The SMILES string of the molecule is CC(O)CC(=O)N[C@H]1CC2(CCN(C3CCc4cc(C#N)ccc4C3)CC2)Oc2ccc(NS(C)(=O)=O)cc21. The minimum atomic E-state index is -3.46. The summed E-state index contributed by atoms with van der Waals surface area (Å²) in [5.41, 5.74) is 4.04. The molecule has 3 aliphatic rings. The molecule has 1 fully saturated rings. The first-order valence-corrected chi connectivity index (χ1v) is 15.5. The Bertz CT molecular complexity index is 1390. The number of fused-ring (bicyclic) bond motifs is 2. The first kappa shape index (κ1) is 27.4. The Morgan fingerprint density at radius 1 is 1.23 bits per heavy atom. The normalized spacial score (nSPS) is 23.0. The van der Waals surface area contributed by atoms with Gasteiger partial charge in [-0.05, 0) is 80.5 Å². The van der Waals surface area contributed by atoms with E-state index in [0.717, 1.165) is 62.6 Å². The first-order valence-electron chi connectivity index (χ1n) is 13.6.